The van der Waals surface area contributed by atoms with Gasteiger partial charge in [0.05, 0.1) is 29.6 Å². The second-order valence-electron chi connectivity index (χ2n) is 7.67. The summed E-state index contributed by atoms with van der Waals surface area (Å²) < 4.78 is 5.32. The number of aromatic nitrogens is 2. The zero-order valence-corrected chi connectivity index (χ0v) is 15.4. The quantitative estimate of drug-likeness (QED) is 0.820. The normalized spacial score (nSPS) is 32.3. The maximum atomic E-state index is 12.5. The van der Waals surface area contributed by atoms with E-state index in [0.717, 1.165) is 32.4 Å². The highest BCUT2D eigenvalue weighted by molar-refractivity contribution is 6.30. The van der Waals surface area contributed by atoms with E-state index < -0.39 is 6.10 Å². The molecule has 0 unspecified atom stereocenters. The van der Waals surface area contributed by atoms with E-state index in [1.54, 1.807) is 12.4 Å². The number of amides is 1. The molecular weight excluding hydrogens is 356 g/mol. The number of halogens is 1. The van der Waals surface area contributed by atoms with E-state index in [1.165, 1.54) is 0 Å². The zero-order valence-electron chi connectivity index (χ0n) is 14.7. The number of aliphatic hydroxyl groups is 1. The van der Waals surface area contributed by atoms with Gasteiger partial charge in [-0.3, -0.25) is 4.79 Å². The summed E-state index contributed by atoms with van der Waals surface area (Å²) in [5, 5.41) is 14.2. The topological polar surface area (TPSA) is 87.6 Å². The van der Waals surface area contributed by atoms with Crippen LogP contribution in [0.4, 0.5) is 5.95 Å². The molecule has 4 atom stereocenters. The van der Waals surface area contributed by atoms with Gasteiger partial charge in [-0.1, -0.05) is 11.6 Å². The van der Waals surface area contributed by atoms with Gasteiger partial charge in [0.25, 0.3) is 0 Å². The van der Waals surface area contributed by atoms with Gasteiger partial charge in [0.15, 0.2) is 0 Å². The molecule has 3 aliphatic rings. The molecule has 142 valence electrons. The molecule has 4 rings (SSSR count). The lowest BCUT2D eigenvalue weighted by Crippen LogP contribution is -2.51. The van der Waals surface area contributed by atoms with Gasteiger partial charge in [0.2, 0.25) is 11.9 Å². The van der Waals surface area contributed by atoms with Crippen LogP contribution in [-0.4, -0.2) is 59.4 Å². The van der Waals surface area contributed by atoms with Gasteiger partial charge in [0, 0.05) is 32.2 Å². The van der Waals surface area contributed by atoms with Crippen molar-refractivity contribution in [3.05, 3.63) is 17.4 Å². The highest BCUT2D eigenvalue weighted by atomic mass is 35.5. The van der Waals surface area contributed by atoms with Crippen LogP contribution in [0.2, 0.25) is 5.02 Å². The summed E-state index contributed by atoms with van der Waals surface area (Å²) in [6.07, 6.45) is 5.75. The maximum absolute atomic E-state index is 12.5. The fraction of sp³-hybridized carbons (Fsp3) is 0.722. The highest BCUT2D eigenvalue weighted by Gasteiger charge is 2.43. The molecule has 0 spiro atoms. The Morgan fingerprint density at radius 1 is 1.19 bits per heavy atom. The first-order chi connectivity index (χ1) is 12.6. The zero-order chi connectivity index (χ0) is 18.1. The molecule has 1 aromatic heterocycles. The average molecular weight is 381 g/mol. The first kappa shape index (κ1) is 17.9. The molecule has 0 radical (unpaired) electrons. The van der Waals surface area contributed by atoms with E-state index in [9.17, 15) is 9.90 Å². The Labute approximate surface area is 158 Å². The largest absolute Gasteiger partial charge is 0.391 e. The number of fused-ring (bicyclic) bond motifs is 1. The predicted octanol–water partition coefficient (Wildman–Crippen LogP) is 1.25. The van der Waals surface area contributed by atoms with Gasteiger partial charge in [-0.2, -0.15) is 0 Å². The summed E-state index contributed by atoms with van der Waals surface area (Å²) in [4.78, 5) is 23.3. The minimum atomic E-state index is -0.494. The molecule has 2 aliphatic heterocycles. The molecule has 3 fully saturated rings. The molecule has 0 aromatic carbocycles. The van der Waals surface area contributed by atoms with Crippen molar-refractivity contribution in [1.82, 2.24) is 15.3 Å². The van der Waals surface area contributed by atoms with Crippen molar-refractivity contribution in [3.8, 4) is 0 Å². The molecule has 2 N–H and O–H groups in total. The molecule has 7 nitrogen and oxygen atoms in total. The van der Waals surface area contributed by atoms with E-state index in [4.69, 9.17) is 16.3 Å². The van der Waals surface area contributed by atoms with Crippen LogP contribution < -0.4 is 10.2 Å². The Morgan fingerprint density at radius 2 is 1.85 bits per heavy atom. The number of hydrogen-bond donors (Lipinski definition) is 2. The van der Waals surface area contributed by atoms with Gasteiger partial charge in [-0.25, -0.2) is 9.97 Å². The molecule has 1 saturated carbocycles. The van der Waals surface area contributed by atoms with Gasteiger partial charge >= 0.3 is 0 Å². The summed E-state index contributed by atoms with van der Waals surface area (Å²) in [6.45, 7) is 2.98. The lowest BCUT2D eigenvalue weighted by atomic mass is 9.77. The number of rotatable bonds is 3. The lowest BCUT2D eigenvalue weighted by Gasteiger charge is -2.36. The summed E-state index contributed by atoms with van der Waals surface area (Å²) in [5.74, 6) is 1.59. The van der Waals surface area contributed by atoms with Crippen molar-refractivity contribution in [3.63, 3.8) is 0 Å². The first-order valence-electron chi connectivity index (χ1n) is 9.39. The molecule has 2 saturated heterocycles. The van der Waals surface area contributed by atoms with E-state index in [0.29, 0.717) is 42.4 Å². The summed E-state index contributed by atoms with van der Waals surface area (Å²) in [7, 11) is 0. The highest BCUT2D eigenvalue weighted by Crippen LogP contribution is 2.37. The number of aliphatic hydroxyl groups excluding tert-OH is 1. The maximum Gasteiger partial charge on any atom is 0.225 e. The number of ether oxygens (including phenoxy) is 1. The number of nitrogens with one attached hydrogen (secondary N) is 1. The molecule has 8 heteroatoms. The SMILES string of the molecule is O=C(N[C@H]1C[C@H]2CN(c3ncc(Cl)cn3)C[C@H]2C[C@@H]1O)C1CCOCC1. The third-order valence-corrected chi connectivity index (χ3v) is 6.15. The summed E-state index contributed by atoms with van der Waals surface area (Å²) >= 11 is 5.87. The Balaban J connectivity index is 1.36. The minimum Gasteiger partial charge on any atom is -0.391 e. The Morgan fingerprint density at radius 3 is 2.54 bits per heavy atom. The fourth-order valence-electron chi connectivity index (χ4n) is 4.48. The van der Waals surface area contributed by atoms with Crippen LogP contribution in [0.3, 0.4) is 0 Å². The minimum absolute atomic E-state index is 0.0104. The second kappa shape index (κ2) is 7.66. The van der Waals surface area contributed by atoms with Crippen LogP contribution in [-0.2, 0) is 9.53 Å². The average Bonchev–Trinajstić information content (AvgIpc) is 3.06. The smallest absolute Gasteiger partial charge is 0.225 e. The number of nitrogens with zero attached hydrogens (tertiary/aromatic N) is 3. The van der Waals surface area contributed by atoms with E-state index in [1.807, 2.05) is 0 Å². The number of anilines is 1. The molecule has 1 amide bonds. The molecular formula is C18H25ClN4O3. The van der Waals surface area contributed by atoms with Crippen LogP contribution in [0, 0.1) is 17.8 Å². The first-order valence-corrected chi connectivity index (χ1v) is 9.76. The Bertz CT molecular complexity index is 638. The van der Waals surface area contributed by atoms with Crippen molar-refractivity contribution in [2.24, 2.45) is 17.8 Å². The van der Waals surface area contributed by atoms with Gasteiger partial charge in [-0.15, -0.1) is 0 Å². The predicted molar refractivity (Wildman–Crippen MR) is 96.9 cm³/mol. The van der Waals surface area contributed by atoms with Crippen LogP contribution >= 0.6 is 11.6 Å². The van der Waals surface area contributed by atoms with E-state index in [-0.39, 0.29) is 17.9 Å². The third-order valence-electron chi connectivity index (χ3n) is 5.95. The molecule has 3 heterocycles. The molecule has 1 aromatic rings. The van der Waals surface area contributed by atoms with Crippen molar-refractivity contribution in [2.45, 2.75) is 37.8 Å². The van der Waals surface area contributed by atoms with Gasteiger partial charge in [-0.05, 0) is 37.5 Å². The molecule has 1 aliphatic carbocycles. The summed E-state index contributed by atoms with van der Waals surface area (Å²) in [5.41, 5.74) is 0. The Hall–Kier alpha value is -1.44. The number of carbonyl (C=O) groups is 1. The van der Waals surface area contributed by atoms with Crippen molar-refractivity contribution < 1.29 is 14.6 Å². The van der Waals surface area contributed by atoms with Gasteiger partial charge in [0.1, 0.15) is 0 Å². The second-order valence-corrected chi connectivity index (χ2v) is 8.10. The van der Waals surface area contributed by atoms with E-state index in [2.05, 4.69) is 20.2 Å². The lowest BCUT2D eigenvalue weighted by molar-refractivity contribution is -0.130. The van der Waals surface area contributed by atoms with Crippen LogP contribution in [0.5, 0.6) is 0 Å². The van der Waals surface area contributed by atoms with Crippen molar-refractivity contribution in [1.29, 1.82) is 0 Å². The van der Waals surface area contributed by atoms with Gasteiger partial charge < -0.3 is 20.1 Å². The van der Waals surface area contributed by atoms with Crippen LogP contribution in [0.25, 0.3) is 0 Å². The monoisotopic (exact) mass is 380 g/mol. The number of hydrogen-bond acceptors (Lipinski definition) is 6. The van der Waals surface area contributed by atoms with E-state index >= 15 is 0 Å². The third kappa shape index (κ3) is 3.80. The Kier molecular flexibility index (Phi) is 5.29. The number of carbonyl (C=O) groups excluding carboxylic acids is 1. The fourth-order valence-corrected chi connectivity index (χ4v) is 4.58. The van der Waals surface area contributed by atoms with Crippen LogP contribution in [0.1, 0.15) is 25.7 Å². The van der Waals surface area contributed by atoms with Crippen molar-refractivity contribution >= 4 is 23.5 Å². The molecule has 0 bridgehead atoms. The standard InChI is InChI=1S/C18H25ClN4O3/c19-14-7-20-18(21-8-14)23-9-12-5-15(16(24)6-13(12)10-23)22-17(25)11-1-3-26-4-2-11/h7-8,11-13,15-16,24H,1-6,9-10H2,(H,22,25)/t12-,13+,15-,16-/m0/s1. The summed E-state index contributed by atoms with van der Waals surface area (Å²) in [6, 6.07) is -0.169. The van der Waals surface area contributed by atoms with Crippen LogP contribution in [0.15, 0.2) is 12.4 Å². The molecule has 26 heavy (non-hydrogen) atoms. The van der Waals surface area contributed by atoms with Crippen molar-refractivity contribution in [2.75, 3.05) is 31.2 Å².